The van der Waals surface area contributed by atoms with Crippen molar-refractivity contribution in [1.82, 2.24) is 5.32 Å². The Morgan fingerprint density at radius 2 is 2.16 bits per heavy atom. The zero-order chi connectivity index (χ0) is 13.7. The lowest BCUT2D eigenvalue weighted by molar-refractivity contribution is -0.120. The van der Waals surface area contributed by atoms with Gasteiger partial charge in [0.2, 0.25) is 5.91 Å². The number of nitrogens with one attached hydrogen (secondary N) is 2. The van der Waals surface area contributed by atoms with Gasteiger partial charge < -0.3 is 15.4 Å². The molecule has 4 nitrogen and oxygen atoms in total. The Morgan fingerprint density at radius 1 is 1.42 bits per heavy atom. The van der Waals surface area contributed by atoms with E-state index in [0.717, 1.165) is 28.8 Å². The summed E-state index contributed by atoms with van der Waals surface area (Å²) >= 11 is 3.45. The topological polar surface area (TPSA) is 50.4 Å². The van der Waals surface area contributed by atoms with Crippen molar-refractivity contribution in [3.8, 4) is 5.75 Å². The molecule has 104 valence electrons. The average Bonchev–Trinajstić information content (AvgIpc) is 2.90. The Kier molecular flexibility index (Phi) is 5.07. The fraction of sp³-hybridized carbons (Fsp3) is 0.500. The molecular weight excluding hydrogens is 308 g/mol. The zero-order valence-corrected chi connectivity index (χ0v) is 12.6. The number of halogens is 1. The first-order valence-corrected chi connectivity index (χ1v) is 7.35. The van der Waals surface area contributed by atoms with Crippen molar-refractivity contribution < 1.29 is 9.53 Å². The second-order valence-electron chi connectivity index (χ2n) is 4.75. The highest BCUT2D eigenvalue weighted by Gasteiger charge is 2.16. The molecular formula is C14H19BrN2O2. The number of carbonyl (C=O) groups is 1. The minimum absolute atomic E-state index is 0.0432. The fourth-order valence-electron chi connectivity index (χ4n) is 2.29. The highest BCUT2D eigenvalue weighted by atomic mass is 79.9. The van der Waals surface area contributed by atoms with Crippen molar-refractivity contribution in [3.05, 3.63) is 22.7 Å². The van der Waals surface area contributed by atoms with E-state index < -0.39 is 0 Å². The predicted molar refractivity (Wildman–Crippen MR) is 79.6 cm³/mol. The van der Waals surface area contributed by atoms with E-state index in [0.29, 0.717) is 6.04 Å². The summed E-state index contributed by atoms with van der Waals surface area (Å²) in [4.78, 5) is 11.8. The smallest absolute Gasteiger partial charge is 0.239 e. The lowest BCUT2D eigenvalue weighted by atomic mass is 10.2. The summed E-state index contributed by atoms with van der Waals surface area (Å²) in [7, 11) is 1.62. The molecule has 0 heterocycles. The van der Waals surface area contributed by atoms with Crippen LogP contribution >= 0.6 is 15.9 Å². The molecule has 1 aromatic rings. The maximum absolute atomic E-state index is 11.8. The number of rotatable bonds is 5. The molecule has 1 amide bonds. The van der Waals surface area contributed by atoms with Crippen LogP contribution in [0.3, 0.4) is 0 Å². The normalized spacial score (nSPS) is 15.3. The number of ether oxygens (including phenoxy) is 1. The number of hydrogen-bond acceptors (Lipinski definition) is 3. The van der Waals surface area contributed by atoms with E-state index >= 15 is 0 Å². The molecule has 2 N–H and O–H groups in total. The van der Waals surface area contributed by atoms with Gasteiger partial charge in [-0.15, -0.1) is 0 Å². The second-order valence-corrected chi connectivity index (χ2v) is 5.60. The SMILES string of the molecule is COc1ccc(Br)c(NCC(=O)NC2CCCC2)c1. The van der Waals surface area contributed by atoms with Gasteiger partial charge >= 0.3 is 0 Å². The summed E-state index contributed by atoms with van der Waals surface area (Å²) in [6.07, 6.45) is 4.66. The quantitative estimate of drug-likeness (QED) is 0.874. The molecule has 0 saturated heterocycles. The molecule has 0 radical (unpaired) electrons. The molecule has 1 saturated carbocycles. The number of methoxy groups -OCH3 is 1. The zero-order valence-electron chi connectivity index (χ0n) is 11.0. The van der Waals surface area contributed by atoms with Gasteiger partial charge in [0.1, 0.15) is 5.75 Å². The molecule has 0 atom stereocenters. The maximum Gasteiger partial charge on any atom is 0.239 e. The third-order valence-electron chi connectivity index (χ3n) is 3.33. The first-order chi connectivity index (χ1) is 9.19. The number of benzene rings is 1. The van der Waals surface area contributed by atoms with Gasteiger partial charge in [-0.3, -0.25) is 4.79 Å². The summed E-state index contributed by atoms with van der Waals surface area (Å²) in [5, 5.41) is 6.17. The molecule has 5 heteroatoms. The number of anilines is 1. The highest BCUT2D eigenvalue weighted by molar-refractivity contribution is 9.10. The van der Waals surface area contributed by atoms with Gasteiger partial charge in [0.25, 0.3) is 0 Å². The van der Waals surface area contributed by atoms with E-state index in [2.05, 4.69) is 26.6 Å². The minimum atomic E-state index is 0.0432. The van der Waals surface area contributed by atoms with E-state index in [1.54, 1.807) is 7.11 Å². The second kappa shape index (κ2) is 6.80. The van der Waals surface area contributed by atoms with Gasteiger partial charge in [0, 0.05) is 16.6 Å². The Balaban J connectivity index is 1.85. The van der Waals surface area contributed by atoms with Gasteiger partial charge in [-0.1, -0.05) is 12.8 Å². The monoisotopic (exact) mass is 326 g/mol. The maximum atomic E-state index is 11.8. The standard InChI is InChI=1S/C14H19BrN2O2/c1-19-11-6-7-12(15)13(8-11)16-9-14(18)17-10-4-2-3-5-10/h6-8,10,16H,2-5,9H2,1H3,(H,17,18). The van der Waals surface area contributed by atoms with Gasteiger partial charge in [0.15, 0.2) is 0 Å². The fourth-order valence-corrected chi connectivity index (χ4v) is 2.68. The van der Waals surface area contributed by atoms with Crippen molar-refractivity contribution in [1.29, 1.82) is 0 Å². The highest BCUT2D eigenvalue weighted by Crippen LogP contribution is 2.26. The largest absolute Gasteiger partial charge is 0.497 e. The van der Waals surface area contributed by atoms with Crippen LogP contribution in [0, 0.1) is 0 Å². The van der Waals surface area contributed by atoms with E-state index in [1.165, 1.54) is 12.8 Å². The van der Waals surface area contributed by atoms with Crippen LogP contribution in [0.5, 0.6) is 5.75 Å². The van der Waals surface area contributed by atoms with Gasteiger partial charge in [-0.2, -0.15) is 0 Å². The van der Waals surface area contributed by atoms with Crippen LogP contribution < -0.4 is 15.4 Å². The minimum Gasteiger partial charge on any atom is -0.497 e. The van der Waals surface area contributed by atoms with Gasteiger partial charge in [-0.25, -0.2) is 0 Å². The summed E-state index contributed by atoms with van der Waals surface area (Å²) < 4.78 is 6.08. The van der Waals surface area contributed by atoms with Crippen molar-refractivity contribution >= 4 is 27.5 Å². The Morgan fingerprint density at radius 3 is 2.84 bits per heavy atom. The van der Waals surface area contributed by atoms with Gasteiger partial charge in [-0.05, 0) is 40.9 Å². The first-order valence-electron chi connectivity index (χ1n) is 6.56. The van der Waals surface area contributed by atoms with Crippen LogP contribution in [-0.2, 0) is 4.79 Å². The third-order valence-corrected chi connectivity index (χ3v) is 4.02. The van der Waals surface area contributed by atoms with Crippen molar-refractivity contribution in [2.24, 2.45) is 0 Å². The van der Waals surface area contributed by atoms with Crippen LogP contribution in [0.2, 0.25) is 0 Å². The Bertz CT molecular complexity index is 445. The van der Waals surface area contributed by atoms with E-state index in [1.807, 2.05) is 18.2 Å². The summed E-state index contributed by atoms with van der Waals surface area (Å²) in [6, 6.07) is 6.00. The Hall–Kier alpha value is -1.23. The van der Waals surface area contributed by atoms with Crippen LogP contribution in [0.25, 0.3) is 0 Å². The van der Waals surface area contributed by atoms with Crippen molar-refractivity contribution in [3.63, 3.8) is 0 Å². The summed E-state index contributed by atoms with van der Waals surface area (Å²) in [6.45, 7) is 0.280. The molecule has 0 bridgehead atoms. The predicted octanol–water partition coefficient (Wildman–Crippen LogP) is 2.93. The van der Waals surface area contributed by atoms with Crippen molar-refractivity contribution in [2.45, 2.75) is 31.7 Å². The molecule has 1 fully saturated rings. The average molecular weight is 327 g/mol. The molecule has 0 aromatic heterocycles. The number of hydrogen-bond donors (Lipinski definition) is 2. The summed E-state index contributed by atoms with van der Waals surface area (Å²) in [5.74, 6) is 0.809. The van der Waals surface area contributed by atoms with Gasteiger partial charge in [0.05, 0.1) is 19.3 Å². The van der Waals surface area contributed by atoms with Crippen molar-refractivity contribution in [2.75, 3.05) is 19.0 Å². The molecule has 1 aliphatic carbocycles. The van der Waals surface area contributed by atoms with E-state index in [-0.39, 0.29) is 12.5 Å². The molecule has 19 heavy (non-hydrogen) atoms. The molecule has 2 rings (SSSR count). The Labute approximate surface area is 122 Å². The first kappa shape index (κ1) is 14.2. The van der Waals surface area contributed by atoms with E-state index in [9.17, 15) is 4.79 Å². The van der Waals surface area contributed by atoms with Crippen LogP contribution in [0.15, 0.2) is 22.7 Å². The van der Waals surface area contributed by atoms with Crippen LogP contribution in [0.4, 0.5) is 5.69 Å². The summed E-state index contributed by atoms with van der Waals surface area (Å²) in [5.41, 5.74) is 0.862. The van der Waals surface area contributed by atoms with Crippen LogP contribution in [-0.4, -0.2) is 25.6 Å². The van der Waals surface area contributed by atoms with Crippen LogP contribution in [0.1, 0.15) is 25.7 Å². The molecule has 0 aliphatic heterocycles. The molecule has 1 aliphatic rings. The lowest BCUT2D eigenvalue weighted by Crippen LogP contribution is -2.36. The third kappa shape index (κ3) is 4.13. The molecule has 1 aromatic carbocycles. The molecule has 0 unspecified atom stereocenters. The number of amides is 1. The number of carbonyl (C=O) groups excluding carboxylic acids is 1. The lowest BCUT2D eigenvalue weighted by Gasteiger charge is -2.14. The van der Waals surface area contributed by atoms with E-state index in [4.69, 9.17) is 4.74 Å². The molecule has 0 spiro atoms.